The number of nitrogens with zero attached hydrogens (tertiary/aromatic N) is 3. The summed E-state index contributed by atoms with van der Waals surface area (Å²) in [6, 6.07) is 10.5. The topological polar surface area (TPSA) is 28.6 Å². The highest BCUT2D eigenvalue weighted by atomic mass is 32.1. The molecule has 4 heterocycles. The van der Waals surface area contributed by atoms with Gasteiger partial charge < -0.3 is 9.64 Å². The molecule has 122 valence electrons. The van der Waals surface area contributed by atoms with E-state index >= 15 is 0 Å². The van der Waals surface area contributed by atoms with Gasteiger partial charge in [0.1, 0.15) is 5.82 Å². The van der Waals surface area contributed by atoms with Gasteiger partial charge in [0.15, 0.2) is 0 Å². The van der Waals surface area contributed by atoms with Crippen LogP contribution < -0.4 is 4.90 Å². The maximum atomic E-state index is 6.30. The second-order valence-corrected chi connectivity index (χ2v) is 7.57. The Morgan fingerprint density at radius 3 is 3.00 bits per heavy atom. The van der Waals surface area contributed by atoms with Crippen molar-refractivity contribution in [2.45, 2.75) is 25.0 Å². The van der Waals surface area contributed by atoms with E-state index in [0.717, 1.165) is 51.6 Å². The Morgan fingerprint density at radius 1 is 1.17 bits per heavy atom. The molecule has 5 heteroatoms. The van der Waals surface area contributed by atoms with Gasteiger partial charge in [-0.05, 0) is 36.4 Å². The maximum absolute atomic E-state index is 6.30. The van der Waals surface area contributed by atoms with Gasteiger partial charge in [-0.3, -0.25) is 4.90 Å². The van der Waals surface area contributed by atoms with Crippen LogP contribution in [0.15, 0.2) is 41.9 Å². The van der Waals surface area contributed by atoms with Gasteiger partial charge >= 0.3 is 0 Å². The van der Waals surface area contributed by atoms with Gasteiger partial charge in [-0.1, -0.05) is 12.1 Å². The van der Waals surface area contributed by atoms with Crippen LogP contribution in [-0.2, 0) is 11.3 Å². The van der Waals surface area contributed by atoms with Crippen molar-refractivity contribution in [1.82, 2.24) is 9.88 Å². The van der Waals surface area contributed by atoms with Crippen molar-refractivity contribution in [3.8, 4) is 0 Å². The predicted octanol–water partition coefficient (Wildman–Crippen LogP) is 3.01. The van der Waals surface area contributed by atoms with Gasteiger partial charge in [0, 0.05) is 43.8 Å². The molecule has 1 spiro atoms. The third-order valence-electron chi connectivity index (χ3n) is 4.80. The highest BCUT2D eigenvalue weighted by molar-refractivity contribution is 7.09. The normalized spacial score (nSPS) is 25.8. The van der Waals surface area contributed by atoms with Crippen molar-refractivity contribution >= 4 is 17.2 Å². The summed E-state index contributed by atoms with van der Waals surface area (Å²) in [6.45, 7) is 5.96. The monoisotopic (exact) mass is 329 g/mol. The Bertz CT molecular complexity index is 614. The van der Waals surface area contributed by atoms with Gasteiger partial charge in [0.25, 0.3) is 0 Å². The lowest BCUT2D eigenvalue weighted by Gasteiger charge is -2.48. The van der Waals surface area contributed by atoms with Crippen LogP contribution in [0, 0.1) is 0 Å². The minimum Gasteiger partial charge on any atom is -0.370 e. The lowest BCUT2D eigenvalue weighted by Crippen LogP contribution is -2.59. The zero-order chi connectivity index (χ0) is 15.5. The van der Waals surface area contributed by atoms with E-state index in [9.17, 15) is 0 Å². The van der Waals surface area contributed by atoms with E-state index in [2.05, 4.69) is 44.4 Å². The van der Waals surface area contributed by atoms with Crippen molar-refractivity contribution < 1.29 is 4.74 Å². The Balaban J connectivity index is 1.46. The Kier molecular flexibility index (Phi) is 4.33. The highest BCUT2D eigenvalue weighted by Crippen LogP contribution is 2.31. The van der Waals surface area contributed by atoms with Gasteiger partial charge in [-0.25, -0.2) is 4.98 Å². The molecule has 0 N–H and O–H groups in total. The zero-order valence-electron chi connectivity index (χ0n) is 13.4. The first kappa shape index (κ1) is 15.1. The average Bonchev–Trinajstić information content (AvgIpc) is 3.09. The van der Waals surface area contributed by atoms with Crippen molar-refractivity contribution in [3.05, 3.63) is 46.8 Å². The molecule has 4 nitrogen and oxygen atoms in total. The van der Waals surface area contributed by atoms with Crippen LogP contribution in [0.3, 0.4) is 0 Å². The van der Waals surface area contributed by atoms with Gasteiger partial charge in [0.05, 0.1) is 12.2 Å². The maximum Gasteiger partial charge on any atom is 0.128 e. The first-order chi connectivity index (χ1) is 11.3. The fourth-order valence-corrected chi connectivity index (χ4v) is 4.51. The number of anilines is 1. The lowest BCUT2D eigenvalue weighted by atomic mass is 9.90. The summed E-state index contributed by atoms with van der Waals surface area (Å²) in [4.78, 5) is 10.9. The second-order valence-electron chi connectivity index (χ2n) is 6.53. The number of rotatable bonds is 3. The van der Waals surface area contributed by atoms with Crippen LogP contribution in [0.5, 0.6) is 0 Å². The molecule has 2 saturated heterocycles. The summed E-state index contributed by atoms with van der Waals surface area (Å²) in [6.07, 6.45) is 4.20. The predicted molar refractivity (Wildman–Crippen MR) is 94.0 cm³/mol. The molecule has 2 fully saturated rings. The molecule has 0 bridgehead atoms. The van der Waals surface area contributed by atoms with E-state index in [4.69, 9.17) is 4.74 Å². The van der Waals surface area contributed by atoms with Crippen LogP contribution in [0.1, 0.15) is 17.7 Å². The number of aromatic nitrogens is 1. The number of hydrogen-bond donors (Lipinski definition) is 0. The minimum absolute atomic E-state index is 0.0364. The molecule has 0 amide bonds. The fourth-order valence-electron chi connectivity index (χ4n) is 3.76. The van der Waals surface area contributed by atoms with Crippen molar-refractivity contribution in [2.75, 3.05) is 37.7 Å². The highest BCUT2D eigenvalue weighted by Gasteiger charge is 2.40. The SMILES string of the molecule is c1ccc(N2CCC[C@]3(CN(Cc4cccs4)CCO3)C2)nc1. The number of ether oxygens (including phenoxy) is 1. The third-order valence-corrected chi connectivity index (χ3v) is 5.66. The molecule has 0 unspecified atom stereocenters. The van der Waals surface area contributed by atoms with Crippen LogP contribution in [0.25, 0.3) is 0 Å². The molecule has 2 aromatic rings. The van der Waals surface area contributed by atoms with E-state index in [0.29, 0.717) is 0 Å². The van der Waals surface area contributed by atoms with Gasteiger partial charge in [0.2, 0.25) is 0 Å². The number of hydrogen-bond acceptors (Lipinski definition) is 5. The first-order valence-electron chi connectivity index (χ1n) is 8.38. The summed E-state index contributed by atoms with van der Waals surface area (Å²) in [7, 11) is 0. The number of thiophene rings is 1. The van der Waals surface area contributed by atoms with E-state index in [1.165, 1.54) is 11.3 Å². The average molecular weight is 329 g/mol. The lowest BCUT2D eigenvalue weighted by molar-refractivity contribution is -0.116. The molecule has 0 radical (unpaired) electrons. The zero-order valence-corrected chi connectivity index (χ0v) is 14.2. The summed E-state index contributed by atoms with van der Waals surface area (Å²) in [5.41, 5.74) is -0.0364. The third kappa shape index (κ3) is 3.42. The Hall–Kier alpha value is -1.43. The van der Waals surface area contributed by atoms with E-state index in [1.54, 1.807) is 0 Å². The second kappa shape index (κ2) is 6.59. The van der Waals surface area contributed by atoms with E-state index in [-0.39, 0.29) is 5.60 Å². The molecular formula is C18H23N3OS. The number of morpholine rings is 1. The van der Waals surface area contributed by atoms with Crippen LogP contribution >= 0.6 is 11.3 Å². The first-order valence-corrected chi connectivity index (χ1v) is 9.26. The molecule has 0 aromatic carbocycles. The molecule has 2 aliphatic heterocycles. The van der Waals surface area contributed by atoms with E-state index in [1.807, 2.05) is 23.6 Å². The molecule has 2 aliphatic rings. The summed E-state index contributed by atoms with van der Waals surface area (Å²) >= 11 is 1.85. The quantitative estimate of drug-likeness (QED) is 0.865. The molecule has 1 atom stereocenters. The fraction of sp³-hybridized carbons (Fsp3) is 0.500. The van der Waals surface area contributed by atoms with E-state index < -0.39 is 0 Å². The van der Waals surface area contributed by atoms with Gasteiger partial charge in [-0.15, -0.1) is 11.3 Å². The molecule has 0 saturated carbocycles. The Morgan fingerprint density at radius 2 is 2.17 bits per heavy atom. The molecule has 0 aliphatic carbocycles. The summed E-state index contributed by atoms with van der Waals surface area (Å²) in [5.74, 6) is 1.07. The summed E-state index contributed by atoms with van der Waals surface area (Å²) < 4.78 is 6.30. The minimum atomic E-state index is -0.0364. The Labute approximate surface area is 141 Å². The molecular weight excluding hydrogens is 306 g/mol. The van der Waals surface area contributed by atoms with Crippen molar-refractivity contribution in [1.29, 1.82) is 0 Å². The van der Waals surface area contributed by atoms with Crippen LogP contribution in [-0.4, -0.2) is 48.3 Å². The molecule has 23 heavy (non-hydrogen) atoms. The van der Waals surface area contributed by atoms with Crippen molar-refractivity contribution in [2.24, 2.45) is 0 Å². The van der Waals surface area contributed by atoms with Crippen molar-refractivity contribution in [3.63, 3.8) is 0 Å². The van der Waals surface area contributed by atoms with Crippen LogP contribution in [0.4, 0.5) is 5.82 Å². The summed E-state index contributed by atoms with van der Waals surface area (Å²) in [5, 5.41) is 2.16. The largest absolute Gasteiger partial charge is 0.370 e. The number of pyridine rings is 1. The van der Waals surface area contributed by atoms with Gasteiger partial charge in [-0.2, -0.15) is 0 Å². The number of piperidine rings is 1. The van der Waals surface area contributed by atoms with Crippen LogP contribution in [0.2, 0.25) is 0 Å². The smallest absolute Gasteiger partial charge is 0.128 e. The molecule has 2 aromatic heterocycles. The molecule has 4 rings (SSSR count). The standard InChI is InChI=1S/C18H23N3OS/c1-2-8-19-17(6-1)21-9-4-7-18(15-21)14-20(10-11-22-18)13-16-5-3-12-23-16/h1-3,5-6,8,12H,4,7,9-11,13-15H2/t18-/m0/s1.